The molecular formula is C18H22FN3O. The molecule has 23 heavy (non-hydrogen) atoms. The van der Waals surface area contributed by atoms with Crippen LogP contribution in [0.3, 0.4) is 0 Å². The lowest BCUT2D eigenvalue weighted by Crippen LogP contribution is -2.38. The number of amides is 1. The number of H-pyrrole nitrogens is 1. The third kappa shape index (κ3) is 2.96. The normalized spacial score (nSPS) is 19.2. The molecule has 0 aliphatic heterocycles. The van der Waals surface area contributed by atoms with Gasteiger partial charge in [0.25, 0.3) is 5.91 Å². The number of halogens is 1. The zero-order valence-corrected chi connectivity index (χ0v) is 13.2. The average Bonchev–Trinajstić information content (AvgIpc) is 3.30. The monoisotopic (exact) mass is 315 g/mol. The fourth-order valence-electron chi connectivity index (χ4n) is 3.76. The van der Waals surface area contributed by atoms with Gasteiger partial charge in [-0.2, -0.15) is 0 Å². The highest BCUT2D eigenvalue weighted by molar-refractivity contribution is 6.05. The summed E-state index contributed by atoms with van der Waals surface area (Å²) in [5.74, 6) is 0.143. The molecule has 0 bridgehead atoms. The van der Waals surface area contributed by atoms with E-state index in [-0.39, 0.29) is 5.91 Å². The summed E-state index contributed by atoms with van der Waals surface area (Å²) in [5.41, 5.74) is 1.55. The van der Waals surface area contributed by atoms with E-state index in [1.165, 1.54) is 50.6 Å². The van der Waals surface area contributed by atoms with Crippen molar-refractivity contribution in [3.05, 3.63) is 29.8 Å². The second kappa shape index (κ2) is 5.95. The van der Waals surface area contributed by atoms with E-state index in [4.69, 9.17) is 0 Å². The Labute approximate surface area is 135 Å². The van der Waals surface area contributed by atoms with Gasteiger partial charge in [-0.05, 0) is 43.7 Å². The highest BCUT2D eigenvalue weighted by Gasteiger charge is 2.35. The quantitative estimate of drug-likeness (QED) is 0.930. The van der Waals surface area contributed by atoms with Gasteiger partial charge in [-0.3, -0.25) is 4.79 Å². The van der Waals surface area contributed by atoms with Crippen LogP contribution >= 0.6 is 0 Å². The van der Waals surface area contributed by atoms with Crippen molar-refractivity contribution in [2.24, 2.45) is 5.92 Å². The summed E-state index contributed by atoms with van der Waals surface area (Å²) in [6.45, 7) is 0.811. The number of rotatable bonds is 4. The molecule has 1 aromatic heterocycles. The van der Waals surface area contributed by atoms with Crippen molar-refractivity contribution >= 4 is 16.9 Å². The van der Waals surface area contributed by atoms with Gasteiger partial charge in [-0.25, -0.2) is 9.37 Å². The molecule has 5 heteroatoms. The lowest BCUT2D eigenvalue weighted by molar-refractivity contribution is 0.0700. The van der Waals surface area contributed by atoms with E-state index < -0.39 is 5.82 Å². The summed E-state index contributed by atoms with van der Waals surface area (Å²) in [7, 11) is 0. The molecule has 2 aliphatic carbocycles. The summed E-state index contributed by atoms with van der Waals surface area (Å²) >= 11 is 0. The number of hydrogen-bond acceptors (Lipinski definition) is 2. The predicted octanol–water partition coefficient (Wildman–Crippen LogP) is 3.89. The SMILES string of the molecule is O=C(c1cc(F)cc2[nH]cnc12)N(CC1CCCCC1)C1CC1. The predicted molar refractivity (Wildman–Crippen MR) is 86.7 cm³/mol. The number of aromatic amines is 1. The number of nitrogens with zero attached hydrogens (tertiary/aromatic N) is 2. The maximum Gasteiger partial charge on any atom is 0.256 e. The maximum absolute atomic E-state index is 13.9. The van der Waals surface area contributed by atoms with Crippen LogP contribution in [0.25, 0.3) is 11.0 Å². The summed E-state index contributed by atoms with van der Waals surface area (Å²) in [4.78, 5) is 22.2. The minimum Gasteiger partial charge on any atom is -0.344 e. The first kappa shape index (κ1) is 14.7. The van der Waals surface area contributed by atoms with Crippen molar-refractivity contribution in [3.8, 4) is 0 Å². The highest BCUT2D eigenvalue weighted by Crippen LogP contribution is 2.33. The molecule has 0 spiro atoms. The van der Waals surface area contributed by atoms with Gasteiger partial charge < -0.3 is 9.88 Å². The summed E-state index contributed by atoms with van der Waals surface area (Å²) < 4.78 is 13.9. The van der Waals surface area contributed by atoms with Crippen LogP contribution in [-0.4, -0.2) is 33.4 Å². The Hall–Kier alpha value is -1.91. The van der Waals surface area contributed by atoms with Gasteiger partial charge in [-0.15, -0.1) is 0 Å². The van der Waals surface area contributed by atoms with Gasteiger partial charge in [0, 0.05) is 12.6 Å². The average molecular weight is 315 g/mol. The first-order valence-electron chi connectivity index (χ1n) is 8.66. The minimum atomic E-state index is -0.390. The Morgan fingerprint density at radius 3 is 2.74 bits per heavy atom. The number of aromatic nitrogens is 2. The Kier molecular flexibility index (Phi) is 3.79. The molecule has 2 aromatic rings. The van der Waals surface area contributed by atoms with E-state index >= 15 is 0 Å². The van der Waals surface area contributed by atoms with Gasteiger partial charge in [0.2, 0.25) is 0 Å². The largest absolute Gasteiger partial charge is 0.344 e. The lowest BCUT2D eigenvalue weighted by atomic mass is 9.88. The van der Waals surface area contributed by atoms with Crippen molar-refractivity contribution in [2.75, 3.05) is 6.54 Å². The van der Waals surface area contributed by atoms with Crippen LogP contribution in [0.2, 0.25) is 0 Å². The number of fused-ring (bicyclic) bond motifs is 1. The second-order valence-electron chi connectivity index (χ2n) is 6.94. The van der Waals surface area contributed by atoms with E-state index in [2.05, 4.69) is 9.97 Å². The zero-order valence-electron chi connectivity index (χ0n) is 13.2. The van der Waals surface area contributed by atoms with Crippen LogP contribution in [-0.2, 0) is 0 Å². The third-order valence-electron chi connectivity index (χ3n) is 5.15. The molecule has 2 saturated carbocycles. The zero-order chi connectivity index (χ0) is 15.8. The molecule has 0 radical (unpaired) electrons. The molecule has 0 saturated heterocycles. The van der Waals surface area contributed by atoms with Crippen LogP contribution in [0.4, 0.5) is 4.39 Å². The van der Waals surface area contributed by atoms with Crippen molar-refractivity contribution in [3.63, 3.8) is 0 Å². The fourth-order valence-corrected chi connectivity index (χ4v) is 3.76. The standard InChI is InChI=1S/C18H22FN3O/c19-13-8-15(17-16(9-13)20-11-21-17)18(23)22(14-6-7-14)10-12-4-2-1-3-5-12/h8-9,11-12,14H,1-7,10H2,(H,20,21). The molecule has 1 amide bonds. The molecule has 2 fully saturated rings. The molecule has 122 valence electrons. The minimum absolute atomic E-state index is 0.0605. The van der Waals surface area contributed by atoms with Crippen LogP contribution in [0.1, 0.15) is 55.3 Å². The summed E-state index contributed by atoms with van der Waals surface area (Å²) in [6, 6.07) is 3.06. The van der Waals surface area contributed by atoms with Gasteiger partial charge in [0.15, 0.2) is 0 Å². The Morgan fingerprint density at radius 1 is 1.22 bits per heavy atom. The molecular weight excluding hydrogens is 293 g/mol. The Balaban J connectivity index is 1.62. The van der Waals surface area contributed by atoms with Gasteiger partial charge >= 0.3 is 0 Å². The first-order chi connectivity index (χ1) is 11.2. The molecule has 1 aromatic carbocycles. The number of carbonyl (C=O) groups is 1. The van der Waals surface area contributed by atoms with E-state index in [0.29, 0.717) is 28.6 Å². The van der Waals surface area contributed by atoms with E-state index in [1.807, 2.05) is 4.90 Å². The number of nitrogens with one attached hydrogen (secondary N) is 1. The van der Waals surface area contributed by atoms with Crippen molar-refractivity contribution in [2.45, 2.75) is 51.0 Å². The van der Waals surface area contributed by atoms with Crippen LogP contribution < -0.4 is 0 Å². The molecule has 0 unspecified atom stereocenters. The van der Waals surface area contributed by atoms with E-state index in [1.54, 1.807) is 0 Å². The summed E-state index contributed by atoms with van der Waals surface area (Å²) in [6.07, 6.45) is 9.90. The Bertz CT molecular complexity index is 716. The third-order valence-corrected chi connectivity index (χ3v) is 5.15. The molecule has 1 heterocycles. The second-order valence-corrected chi connectivity index (χ2v) is 6.94. The van der Waals surface area contributed by atoms with Crippen molar-refractivity contribution < 1.29 is 9.18 Å². The number of hydrogen-bond donors (Lipinski definition) is 1. The summed E-state index contributed by atoms with van der Waals surface area (Å²) in [5, 5.41) is 0. The first-order valence-corrected chi connectivity index (χ1v) is 8.66. The smallest absolute Gasteiger partial charge is 0.256 e. The van der Waals surface area contributed by atoms with Crippen LogP contribution in [0.5, 0.6) is 0 Å². The van der Waals surface area contributed by atoms with Gasteiger partial charge in [0.1, 0.15) is 11.3 Å². The topological polar surface area (TPSA) is 49.0 Å². The van der Waals surface area contributed by atoms with Crippen molar-refractivity contribution in [1.29, 1.82) is 0 Å². The fraction of sp³-hybridized carbons (Fsp3) is 0.556. The molecule has 2 aliphatic rings. The number of benzene rings is 1. The molecule has 0 atom stereocenters. The maximum atomic E-state index is 13.9. The van der Waals surface area contributed by atoms with Crippen LogP contribution in [0.15, 0.2) is 18.5 Å². The van der Waals surface area contributed by atoms with Gasteiger partial charge in [-0.1, -0.05) is 19.3 Å². The van der Waals surface area contributed by atoms with Crippen LogP contribution in [0, 0.1) is 11.7 Å². The number of imidazole rings is 1. The molecule has 4 rings (SSSR count). The van der Waals surface area contributed by atoms with Gasteiger partial charge in [0.05, 0.1) is 17.4 Å². The van der Waals surface area contributed by atoms with E-state index in [9.17, 15) is 9.18 Å². The lowest BCUT2D eigenvalue weighted by Gasteiger charge is -2.30. The van der Waals surface area contributed by atoms with Crippen molar-refractivity contribution in [1.82, 2.24) is 14.9 Å². The highest BCUT2D eigenvalue weighted by atomic mass is 19.1. The Morgan fingerprint density at radius 2 is 2.00 bits per heavy atom. The molecule has 1 N–H and O–H groups in total. The number of carbonyl (C=O) groups excluding carboxylic acids is 1. The molecule has 4 nitrogen and oxygen atoms in total. The van der Waals surface area contributed by atoms with E-state index in [0.717, 1.165) is 19.4 Å².